The molecule has 1 aromatic heterocycles. The van der Waals surface area contributed by atoms with Gasteiger partial charge < -0.3 is 0 Å². The average Bonchev–Trinajstić information content (AvgIpc) is 2.68. The van der Waals surface area contributed by atoms with Gasteiger partial charge in [0.15, 0.2) is 0 Å². The van der Waals surface area contributed by atoms with Crippen LogP contribution in [0.15, 0.2) is 28.9 Å². The molecule has 9 heteroatoms. The third-order valence-corrected chi connectivity index (χ3v) is 3.23. The van der Waals surface area contributed by atoms with Crippen LogP contribution >= 0.6 is 15.9 Å². The van der Waals surface area contributed by atoms with Crippen molar-refractivity contribution in [3.05, 3.63) is 54.8 Å². The first-order valence-electron chi connectivity index (χ1n) is 5.05. The molecule has 19 heavy (non-hydrogen) atoms. The fraction of sp³-hybridized carbons (Fsp3) is 0.100. The standard InChI is InChI=1S/C10H7BrN4O4/c1-6-8(11)5-13(12-6)9-3-2-7(14(16)17)4-10(9)15(18)19/h2-5H,1H3. The molecule has 2 rings (SSSR count). The van der Waals surface area contributed by atoms with Crippen molar-refractivity contribution in [3.63, 3.8) is 0 Å². The Kier molecular flexibility index (Phi) is 3.30. The van der Waals surface area contributed by atoms with Gasteiger partial charge in [0.25, 0.3) is 5.69 Å². The van der Waals surface area contributed by atoms with Gasteiger partial charge in [0.1, 0.15) is 5.69 Å². The molecule has 8 nitrogen and oxygen atoms in total. The molecule has 0 saturated carbocycles. The number of rotatable bonds is 3. The van der Waals surface area contributed by atoms with E-state index in [-0.39, 0.29) is 17.1 Å². The molecule has 0 saturated heterocycles. The molecule has 1 heterocycles. The van der Waals surface area contributed by atoms with Crippen LogP contribution in [0, 0.1) is 27.2 Å². The highest BCUT2D eigenvalue weighted by molar-refractivity contribution is 9.10. The summed E-state index contributed by atoms with van der Waals surface area (Å²) in [5.74, 6) is 0. The molecule has 0 fully saturated rings. The minimum atomic E-state index is -0.680. The summed E-state index contributed by atoms with van der Waals surface area (Å²) in [6.45, 7) is 1.73. The number of hydrogen-bond donors (Lipinski definition) is 0. The summed E-state index contributed by atoms with van der Waals surface area (Å²) in [4.78, 5) is 20.3. The highest BCUT2D eigenvalue weighted by Crippen LogP contribution is 2.28. The number of nitro benzene ring substituents is 2. The van der Waals surface area contributed by atoms with E-state index in [2.05, 4.69) is 21.0 Å². The summed E-state index contributed by atoms with van der Waals surface area (Å²) in [6.07, 6.45) is 1.56. The molecule has 1 aromatic carbocycles. The van der Waals surface area contributed by atoms with Crippen molar-refractivity contribution in [2.45, 2.75) is 6.92 Å². The number of halogens is 1. The van der Waals surface area contributed by atoms with Crippen LogP contribution in [0.1, 0.15) is 5.69 Å². The van der Waals surface area contributed by atoms with Gasteiger partial charge >= 0.3 is 5.69 Å². The van der Waals surface area contributed by atoms with Crippen LogP contribution in [0.5, 0.6) is 0 Å². The minimum absolute atomic E-state index is 0.171. The molecule has 0 amide bonds. The fourth-order valence-corrected chi connectivity index (χ4v) is 1.80. The van der Waals surface area contributed by atoms with Gasteiger partial charge in [0.05, 0.1) is 26.1 Å². The van der Waals surface area contributed by atoms with Crippen LogP contribution in [0.4, 0.5) is 11.4 Å². The van der Waals surface area contributed by atoms with Crippen LogP contribution in [0.2, 0.25) is 0 Å². The summed E-state index contributed by atoms with van der Waals surface area (Å²) in [5.41, 5.74) is 0.125. The molecule has 0 spiro atoms. The van der Waals surface area contributed by atoms with E-state index in [0.29, 0.717) is 10.2 Å². The monoisotopic (exact) mass is 326 g/mol. The quantitative estimate of drug-likeness (QED) is 0.637. The van der Waals surface area contributed by atoms with Gasteiger partial charge in [-0.1, -0.05) is 0 Å². The van der Waals surface area contributed by atoms with Gasteiger partial charge in [0.2, 0.25) is 0 Å². The lowest BCUT2D eigenvalue weighted by Gasteiger charge is -2.02. The van der Waals surface area contributed by atoms with E-state index in [1.807, 2.05) is 0 Å². The van der Waals surface area contributed by atoms with E-state index in [4.69, 9.17) is 0 Å². The topological polar surface area (TPSA) is 104 Å². The maximum absolute atomic E-state index is 11.0. The number of non-ortho nitro benzene ring substituents is 1. The van der Waals surface area contributed by atoms with Crippen molar-refractivity contribution >= 4 is 27.3 Å². The molecule has 0 bridgehead atoms. The predicted molar refractivity (Wildman–Crippen MR) is 69.3 cm³/mol. The van der Waals surface area contributed by atoms with Crippen LogP contribution in [0.3, 0.4) is 0 Å². The second kappa shape index (κ2) is 4.76. The lowest BCUT2D eigenvalue weighted by atomic mass is 10.2. The molecule has 0 aliphatic rings. The minimum Gasteiger partial charge on any atom is -0.258 e. The first kappa shape index (κ1) is 13.1. The Morgan fingerprint density at radius 2 is 1.95 bits per heavy atom. The Hall–Kier alpha value is -2.29. The number of hydrogen-bond acceptors (Lipinski definition) is 5. The fourth-order valence-electron chi connectivity index (χ4n) is 1.53. The van der Waals surface area contributed by atoms with Gasteiger partial charge in [0, 0.05) is 12.3 Å². The van der Waals surface area contributed by atoms with E-state index in [9.17, 15) is 20.2 Å². The summed E-state index contributed by atoms with van der Waals surface area (Å²) >= 11 is 3.25. The van der Waals surface area contributed by atoms with Crippen molar-refractivity contribution in [1.29, 1.82) is 0 Å². The second-order valence-electron chi connectivity index (χ2n) is 3.69. The van der Waals surface area contributed by atoms with Gasteiger partial charge in [-0.2, -0.15) is 5.10 Å². The Labute approximate surface area is 115 Å². The van der Waals surface area contributed by atoms with Crippen molar-refractivity contribution in [2.75, 3.05) is 0 Å². The smallest absolute Gasteiger partial charge is 0.258 e. The van der Waals surface area contributed by atoms with Gasteiger partial charge in [-0.25, -0.2) is 4.68 Å². The SMILES string of the molecule is Cc1nn(-c2ccc([N+](=O)[O-])cc2[N+](=O)[O-])cc1Br. The number of nitrogens with zero attached hydrogens (tertiary/aromatic N) is 4. The summed E-state index contributed by atoms with van der Waals surface area (Å²) in [7, 11) is 0. The largest absolute Gasteiger partial charge is 0.301 e. The van der Waals surface area contributed by atoms with Gasteiger partial charge in [-0.05, 0) is 28.9 Å². The van der Waals surface area contributed by atoms with Crippen LogP contribution < -0.4 is 0 Å². The van der Waals surface area contributed by atoms with E-state index < -0.39 is 9.85 Å². The summed E-state index contributed by atoms with van der Waals surface area (Å²) < 4.78 is 2.00. The zero-order valence-electron chi connectivity index (χ0n) is 9.61. The third kappa shape index (κ3) is 2.45. The van der Waals surface area contributed by atoms with Crippen LogP contribution in [-0.4, -0.2) is 19.6 Å². The first-order valence-corrected chi connectivity index (χ1v) is 5.84. The zero-order valence-corrected chi connectivity index (χ0v) is 11.2. The lowest BCUT2D eigenvalue weighted by molar-refractivity contribution is -0.394. The number of nitro groups is 2. The van der Waals surface area contributed by atoms with Crippen LogP contribution in [-0.2, 0) is 0 Å². The van der Waals surface area contributed by atoms with E-state index in [1.165, 1.54) is 16.8 Å². The molecule has 0 aliphatic heterocycles. The number of aromatic nitrogens is 2. The summed E-state index contributed by atoms with van der Waals surface area (Å²) in [6, 6.07) is 3.42. The maximum Gasteiger partial charge on any atom is 0.301 e. The van der Waals surface area contributed by atoms with Gasteiger partial charge in [-0.3, -0.25) is 20.2 Å². The molecular formula is C10H7BrN4O4. The van der Waals surface area contributed by atoms with E-state index in [0.717, 1.165) is 6.07 Å². The average molecular weight is 327 g/mol. The molecular weight excluding hydrogens is 320 g/mol. The van der Waals surface area contributed by atoms with Crippen molar-refractivity contribution in [3.8, 4) is 5.69 Å². The van der Waals surface area contributed by atoms with Crippen molar-refractivity contribution in [2.24, 2.45) is 0 Å². The second-order valence-corrected chi connectivity index (χ2v) is 4.55. The van der Waals surface area contributed by atoms with Crippen LogP contribution in [0.25, 0.3) is 5.69 Å². The molecule has 98 valence electrons. The predicted octanol–water partition coefficient (Wildman–Crippen LogP) is 2.76. The Balaban J connectivity index is 2.63. The van der Waals surface area contributed by atoms with Crippen molar-refractivity contribution in [1.82, 2.24) is 9.78 Å². The van der Waals surface area contributed by atoms with E-state index in [1.54, 1.807) is 13.1 Å². The normalized spacial score (nSPS) is 10.4. The molecule has 0 aliphatic carbocycles. The number of benzene rings is 1. The summed E-state index contributed by atoms with van der Waals surface area (Å²) in [5, 5.41) is 25.7. The first-order chi connectivity index (χ1) is 8.90. The highest BCUT2D eigenvalue weighted by atomic mass is 79.9. The lowest BCUT2D eigenvalue weighted by Crippen LogP contribution is -2.02. The Morgan fingerprint density at radius 3 is 2.42 bits per heavy atom. The zero-order chi connectivity index (χ0) is 14.2. The third-order valence-electron chi connectivity index (χ3n) is 2.45. The molecule has 0 unspecified atom stereocenters. The van der Waals surface area contributed by atoms with Gasteiger partial charge in [-0.15, -0.1) is 0 Å². The molecule has 0 radical (unpaired) electrons. The Bertz CT molecular complexity index is 663. The van der Waals surface area contributed by atoms with E-state index >= 15 is 0 Å². The maximum atomic E-state index is 11.0. The highest BCUT2D eigenvalue weighted by Gasteiger charge is 2.21. The molecule has 0 atom stereocenters. The molecule has 0 N–H and O–H groups in total. The number of aryl methyl sites for hydroxylation is 1. The Morgan fingerprint density at radius 1 is 1.26 bits per heavy atom. The van der Waals surface area contributed by atoms with Crippen molar-refractivity contribution < 1.29 is 9.85 Å². The molecule has 2 aromatic rings.